The third kappa shape index (κ3) is 3.00. The first-order chi connectivity index (χ1) is 11.8. The number of ether oxygens (including phenoxy) is 1. The van der Waals surface area contributed by atoms with Gasteiger partial charge in [-0.1, -0.05) is 30.3 Å². The average molecular weight is 321 g/mol. The lowest BCUT2D eigenvalue weighted by molar-refractivity contribution is 0.0757. The molecule has 4 rings (SSSR count). The van der Waals surface area contributed by atoms with E-state index in [4.69, 9.17) is 9.15 Å². The van der Waals surface area contributed by atoms with Gasteiger partial charge in [-0.15, -0.1) is 0 Å². The molecule has 0 atom stereocenters. The Balaban J connectivity index is 1.42. The predicted octanol–water partition coefficient (Wildman–Crippen LogP) is 4.25. The van der Waals surface area contributed by atoms with Crippen LogP contribution in [-0.4, -0.2) is 23.9 Å². The number of carbonyl (C=O) groups excluding carboxylic acids is 1. The number of likely N-dealkylation sites (tertiary alicyclic amines) is 1. The molecule has 1 aliphatic rings. The van der Waals surface area contributed by atoms with Crippen molar-refractivity contribution in [3.63, 3.8) is 0 Å². The molecule has 2 heterocycles. The van der Waals surface area contributed by atoms with Gasteiger partial charge in [-0.3, -0.25) is 4.79 Å². The maximum atomic E-state index is 12.3. The molecule has 0 unspecified atom stereocenters. The number of nitrogens with zero attached hydrogens (tertiary/aromatic N) is 1. The van der Waals surface area contributed by atoms with Crippen LogP contribution in [0.5, 0.6) is 5.75 Å². The van der Waals surface area contributed by atoms with Crippen LogP contribution in [0.4, 0.5) is 0 Å². The first-order valence-corrected chi connectivity index (χ1v) is 8.29. The summed E-state index contributed by atoms with van der Waals surface area (Å²) in [6.07, 6.45) is 2.15. The monoisotopic (exact) mass is 321 g/mol. The normalized spacial score (nSPS) is 14.2. The summed E-state index contributed by atoms with van der Waals surface area (Å²) >= 11 is 0. The number of amides is 1. The molecule has 1 saturated heterocycles. The fourth-order valence-corrected chi connectivity index (χ4v) is 3.06. The van der Waals surface area contributed by atoms with Crippen LogP contribution < -0.4 is 4.74 Å². The van der Waals surface area contributed by atoms with Crippen molar-refractivity contribution in [1.29, 1.82) is 0 Å². The van der Waals surface area contributed by atoms with E-state index in [9.17, 15) is 4.79 Å². The molecule has 24 heavy (non-hydrogen) atoms. The number of carbonyl (C=O) groups is 1. The van der Waals surface area contributed by atoms with E-state index >= 15 is 0 Å². The van der Waals surface area contributed by atoms with Crippen molar-refractivity contribution < 1.29 is 13.9 Å². The van der Waals surface area contributed by atoms with Crippen molar-refractivity contribution >= 4 is 16.7 Å². The fraction of sp³-hybridized carbons (Fsp3) is 0.250. The molecule has 0 bridgehead atoms. The van der Waals surface area contributed by atoms with Crippen LogP contribution in [0, 0.1) is 0 Å². The van der Waals surface area contributed by atoms with E-state index in [1.165, 1.54) is 5.39 Å². The van der Waals surface area contributed by atoms with Gasteiger partial charge in [0, 0.05) is 13.1 Å². The van der Waals surface area contributed by atoms with E-state index in [2.05, 4.69) is 12.1 Å². The molecule has 0 radical (unpaired) electrons. The molecule has 1 amide bonds. The maximum absolute atomic E-state index is 12.3. The van der Waals surface area contributed by atoms with Crippen molar-refractivity contribution in [1.82, 2.24) is 4.90 Å². The standard InChI is InChI=1S/C20H19NO3/c22-20(21-11-3-4-12-21)19-10-9-18(24-19)14-23-17-8-7-15-5-1-2-6-16(15)13-17/h1-2,5-10,13H,3-4,11-12,14H2. The highest BCUT2D eigenvalue weighted by atomic mass is 16.5. The summed E-state index contributed by atoms with van der Waals surface area (Å²) in [5, 5.41) is 2.32. The van der Waals surface area contributed by atoms with Crippen LogP contribution in [0.25, 0.3) is 10.8 Å². The van der Waals surface area contributed by atoms with E-state index in [1.807, 2.05) is 41.3 Å². The molecule has 0 saturated carbocycles. The van der Waals surface area contributed by atoms with Crippen LogP contribution in [-0.2, 0) is 6.61 Å². The second-order valence-corrected chi connectivity index (χ2v) is 6.06. The number of benzene rings is 2. The molecule has 0 N–H and O–H groups in total. The van der Waals surface area contributed by atoms with E-state index < -0.39 is 0 Å². The number of hydrogen-bond acceptors (Lipinski definition) is 3. The van der Waals surface area contributed by atoms with E-state index in [0.717, 1.165) is 37.1 Å². The summed E-state index contributed by atoms with van der Waals surface area (Å²) in [5.74, 6) is 1.82. The second-order valence-electron chi connectivity index (χ2n) is 6.06. The fourth-order valence-electron chi connectivity index (χ4n) is 3.06. The Kier molecular flexibility index (Phi) is 3.95. The molecular weight excluding hydrogens is 302 g/mol. The largest absolute Gasteiger partial charge is 0.486 e. The van der Waals surface area contributed by atoms with Gasteiger partial charge < -0.3 is 14.1 Å². The molecular formula is C20H19NO3. The zero-order chi connectivity index (χ0) is 16.4. The molecule has 2 aromatic carbocycles. The number of fused-ring (bicyclic) bond motifs is 1. The van der Waals surface area contributed by atoms with Gasteiger partial charge in [-0.25, -0.2) is 0 Å². The Morgan fingerprint density at radius 3 is 2.62 bits per heavy atom. The lowest BCUT2D eigenvalue weighted by atomic mass is 10.1. The number of hydrogen-bond donors (Lipinski definition) is 0. The highest BCUT2D eigenvalue weighted by Gasteiger charge is 2.22. The zero-order valence-electron chi connectivity index (χ0n) is 13.4. The molecule has 1 aromatic heterocycles. The van der Waals surface area contributed by atoms with Crippen LogP contribution in [0.3, 0.4) is 0 Å². The minimum absolute atomic E-state index is 0.0237. The SMILES string of the molecule is O=C(c1ccc(COc2ccc3ccccc3c2)o1)N1CCCC1. The summed E-state index contributed by atoms with van der Waals surface area (Å²) in [5.41, 5.74) is 0. The van der Waals surface area contributed by atoms with E-state index in [1.54, 1.807) is 6.07 Å². The van der Waals surface area contributed by atoms with Gasteiger partial charge in [-0.05, 0) is 47.9 Å². The van der Waals surface area contributed by atoms with Crippen LogP contribution in [0.15, 0.2) is 59.0 Å². The first kappa shape index (κ1) is 14.8. The molecule has 0 aliphatic carbocycles. The minimum Gasteiger partial charge on any atom is -0.486 e. The van der Waals surface area contributed by atoms with E-state index in [-0.39, 0.29) is 5.91 Å². The Morgan fingerprint density at radius 1 is 1.00 bits per heavy atom. The Labute approximate surface area is 140 Å². The van der Waals surface area contributed by atoms with E-state index in [0.29, 0.717) is 18.1 Å². The van der Waals surface area contributed by atoms with Crippen LogP contribution in [0.2, 0.25) is 0 Å². The lowest BCUT2D eigenvalue weighted by Crippen LogP contribution is -2.27. The Morgan fingerprint density at radius 2 is 1.79 bits per heavy atom. The number of rotatable bonds is 4. The van der Waals surface area contributed by atoms with Crippen molar-refractivity contribution in [3.8, 4) is 5.75 Å². The average Bonchev–Trinajstić information content (AvgIpc) is 3.31. The van der Waals surface area contributed by atoms with Crippen molar-refractivity contribution in [2.75, 3.05) is 13.1 Å². The van der Waals surface area contributed by atoms with Gasteiger partial charge in [0.05, 0.1) is 0 Å². The predicted molar refractivity (Wildman–Crippen MR) is 92.1 cm³/mol. The minimum atomic E-state index is -0.0237. The summed E-state index contributed by atoms with van der Waals surface area (Å²) in [4.78, 5) is 14.1. The van der Waals surface area contributed by atoms with Gasteiger partial charge in [0.2, 0.25) is 0 Å². The number of furan rings is 1. The van der Waals surface area contributed by atoms with Crippen molar-refractivity contribution in [2.24, 2.45) is 0 Å². The third-order valence-electron chi connectivity index (χ3n) is 4.37. The first-order valence-electron chi connectivity index (χ1n) is 8.29. The highest BCUT2D eigenvalue weighted by Crippen LogP contribution is 2.22. The second kappa shape index (κ2) is 6.40. The van der Waals surface area contributed by atoms with Gasteiger partial charge >= 0.3 is 0 Å². The van der Waals surface area contributed by atoms with Gasteiger partial charge in [0.25, 0.3) is 5.91 Å². The maximum Gasteiger partial charge on any atom is 0.289 e. The molecule has 0 spiro atoms. The summed E-state index contributed by atoms with van der Waals surface area (Å²) in [7, 11) is 0. The summed E-state index contributed by atoms with van der Waals surface area (Å²) in [6.45, 7) is 1.95. The zero-order valence-corrected chi connectivity index (χ0v) is 13.4. The van der Waals surface area contributed by atoms with Gasteiger partial charge in [0.15, 0.2) is 5.76 Å². The lowest BCUT2D eigenvalue weighted by Gasteiger charge is -2.12. The quantitative estimate of drug-likeness (QED) is 0.721. The molecule has 1 fully saturated rings. The smallest absolute Gasteiger partial charge is 0.289 e. The summed E-state index contributed by atoms with van der Waals surface area (Å²) < 4.78 is 11.5. The molecule has 4 nitrogen and oxygen atoms in total. The van der Waals surface area contributed by atoms with Crippen LogP contribution in [0.1, 0.15) is 29.2 Å². The molecule has 3 aromatic rings. The van der Waals surface area contributed by atoms with Crippen molar-refractivity contribution in [2.45, 2.75) is 19.4 Å². The van der Waals surface area contributed by atoms with Gasteiger partial charge in [0.1, 0.15) is 18.1 Å². The molecule has 1 aliphatic heterocycles. The highest BCUT2D eigenvalue weighted by molar-refractivity contribution is 5.91. The Hall–Kier alpha value is -2.75. The topological polar surface area (TPSA) is 42.7 Å². The van der Waals surface area contributed by atoms with Crippen molar-refractivity contribution in [3.05, 3.63) is 66.1 Å². The molecule has 4 heteroatoms. The van der Waals surface area contributed by atoms with Crippen LogP contribution >= 0.6 is 0 Å². The molecule has 122 valence electrons. The van der Waals surface area contributed by atoms with Gasteiger partial charge in [-0.2, -0.15) is 0 Å². The summed E-state index contributed by atoms with van der Waals surface area (Å²) in [6, 6.07) is 17.7. The Bertz CT molecular complexity index is 862. The third-order valence-corrected chi connectivity index (χ3v) is 4.37.